The van der Waals surface area contributed by atoms with Gasteiger partial charge in [-0.15, -0.1) is 0 Å². The van der Waals surface area contributed by atoms with Gasteiger partial charge in [0.15, 0.2) is 0 Å². The maximum Gasteiger partial charge on any atom is 0.308 e. The van der Waals surface area contributed by atoms with E-state index in [1.807, 2.05) is 13.8 Å². The van der Waals surface area contributed by atoms with Gasteiger partial charge in [-0.2, -0.15) is 0 Å². The first-order valence-corrected chi connectivity index (χ1v) is 8.80. The van der Waals surface area contributed by atoms with Crippen LogP contribution >= 0.6 is 0 Å². The second kappa shape index (κ2) is 8.25. The Labute approximate surface area is 153 Å². The Kier molecular flexibility index (Phi) is 6.28. The summed E-state index contributed by atoms with van der Waals surface area (Å²) in [4.78, 5) is 47.7. The standard InChI is InChI=1S/C18H26N4O4/c1-11(2)16-14(8-19-12(3)20-16)17(24)21(4)10-15(23)22-7-5-6-13(9-22)18(25)26/h8,11,13H,5-7,9-10H2,1-4H3,(H,25,26). The number of likely N-dealkylation sites (N-methyl/N-ethyl adjacent to an activating group) is 1. The van der Waals surface area contributed by atoms with Crippen molar-refractivity contribution in [2.75, 3.05) is 26.7 Å². The third kappa shape index (κ3) is 4.56. The molecule has 1 aliphatic heterocycles. The third-order valence-electron chi connectivity index (χ3n) is 4.56. The lowest BCUT2D eigenvalue weighted by atomic mass is 9.98. The summed E-state index contributed by atoms with van der Waals surface area (Å²) in [5.74, 6) is -1.33. The molecule has 1 fully saturated rings. The molecule has 0 bridgehead atoms. The van der Waals surface area contributed by atoms with Crippen LogP contribution in [0.15, 0.2) is 6.20 Å². The van der Waals surface area contributed by atoms with Crippen molar-refractivity contribution in [3.63, 3.8) is 0 Å². The number of aromatic nitrogens is 2. The second-order valence-corrected chi connectivity index (χ2v) is 7.05. The fourth-order valence-electron chi connectivity index (χ4n) is 3.08. The van der Waals surface area contributed by atoms with E-state index in [0.717, 1.165) is 0 Å². The average Bonchev–Trinajstić information content (AvgIpc) is 2.60. The van der Waals surface area contributed by atoms with Crippen molar-refractivity contribution in [3.05, 3.63) is 23.3 Å². The Hall–Kier alpha value is -2.51. The number of aryl methyl sites for hydroxylation is 1. The van der Waals surface area contributed by atoms with Crippen molar-refractivity contribution in [1.82, 2.24) is 19.8 Å². The summed E-state index contributed by atoms with van der Waals surface area (Å²) < 4.78 is 0. The molecule has 8 nitrogen and oxygen atoms in total. The summed E-state index contributed by atoms with van der Waals surface area (Å²) in [5.41, 5.74) is 1.05. The van der Waals surface area contributed by atoms with Gasteiger partial charge < -0.3 is 14.9 Å². The second-order valence-electron chi connectivity index (χ2n) is 7.05. The molecule has 26 heavy (non-hydrogen) atoms. The van der Waals surface area contributed by atoms with E-state index in [1.165, 1.54) is 16.0 Å². The van der Waals surface area contributed by atoms with Crippen molar-refractivity contribution < 1.29 is 19.5 Å². The maximum atomic E-state index is 12.8. The van der Waals surface area contributed by atoms with E-state index in [4.69, 9.17) is 5.11 Å². The predicted octanol–water partition coefficient (Wildman–Crippen LogP) is 1.30. The fraction of sp³-hybridized carbons (Fsp3) is 0.611. The molecule has 1 unspecified atom stereocenters. The zero-order valence-electron chi connectivity index (χ0n) is 15.7. The number of hydrogen-bond donors (Lipinski definition) is 1. The van der Waals surface area contributed by atoms with E-state index in [0.29, 0.717) is 36.5 Å². The van der Waals surface area contributed by atoms with Crippen LogP contribution in [0.5, 0.6) is 0 Å². The van der Waals surface area contributed by atoms with Gasteiger partial charge in [0.05, 0.1) is 23.7 Å². The van der Waals surface area contributed by atoms with Gasteiger partial charge in [-0.05, 0) is 25.7 Å². The van der Waals surface area contributed by atoms with Crippen molar-refractivity contribution >= 4 is 17.8 Å². The van der Waals surface area contributed by atoms with Crippen LogP contribution in [-0.4, -0.2) is 69.3 Å². The number of aliphatic carboxylic acids is 1. The number of carboxylic acids is 1. The minimum atomic E-state index is -0.884. The molecular weight excluding hydrogens is 336 g/mol. The minimum Gasteiger partial charge on any atom is -0.481 e. The Morgan fingerprint density at radius 1 is 1.38 bits per heavy atom. The molecule has 0 aromatic carbocycles. The van der Waals surface area contributed by atoms with Gasteiger partial charge in [-0.1, -0.05) is 13.8 Å². The fourth-order valence-corrected chi connectivity index (χ4v) is 3.08. The monoisotopic (exact) mass is 362 g/mol. The van der Waals surface area contributed by atoms with E-state index < -0.39 is 11.9 Å². The highest BCUT2D eigenvalue weighted by molar-refractivity contribution is 5.97. The normalized spacial score (nSPS) is 17.3. The highest BCUT2D eigenvalue weighted by Crippen LogP contribution is 2.19. The summed E-state index contributed by atoms with van der Waals surface area (Å²) in [6.07, 6.45) is 2.73. The number of nitrogens with zero attached hydrogens (tertiary/aromatic N) is 4. The summed E-state index contributed by atoms with van der Waals surface area (Å²) >= 11 is 0. The van der Waals surface area contributed by atoms with Gasteiger partial charge in [0.1, 0.15) is 5.82 Å². The number of piperidine rings is 1. The number of hydrogen-bond acceptors (Lipinski definition) is 5. The van der Waals surface area contributed by atoms with Crippen LogP contribution in [0.4, 0.5) is 0 Å². The molecule has 0 aliphatic carbocycles. The number of carbonyl (C=O) groups excluding carboxylic acids is 2. The molecule has 2 rings (SSSR count). The summed E-state index contributed by atoms with van der Waals surface area (Å²) in [6, 6.07) is 0. The molecule has 1 saturated heterocycles. The molecule has 2 heterocycles. The molecule has 142 valence electrons. The van der Waals surface area contributed by atoms with Crippen molar-refractivity contribution in [2.24, 2.45) is 5.92 Å². The van der Waals surface area contributed by atoms with Crippen LogP contribution in [0.1, 0.15) is 54.5 Å². The SMILES string of the molecule is Cc1ncc(C(=O)N(C)CC(=O)N2CCCC(C(=O)O)C2)c(C(C)C)n1. The molecule has 1 aromatic rings. The van der Waals surface area contributed by atoms with Crippen LogP contribution in [-0.2, 0) is 9.59 Å². The highest BCUT2D eigenvalue weighted by atomic mass is 16.4. The topological polar surface area (TPSA) is 104 Å². The molecule has 0 spiro atoms. The zero-order chi connectivity index (χ0) is 19.4. The maximum absolute atomic E-state index is 12.8. The zero-order valence-corrected chi connectivity index (χ0v) is 15.7. The van der Waals surface area contributed by atoms with Crippen LogP contribution in [0, 0.1) is 12.8 Å². The number of likely N-dealkylation sites (tertiary alicyclic amines) is 1. The van der Waals surface area contributed by atoms with Gasteiger partial charge in [0.25, 0.3) is 5.91 Å². The molecule has 1 N–H and O–H groups in total. The Bertz CT molecular complexity index is 704. The number of amides is 2. The van der Waals surface area contributed by atoms with Gasteiger partial charge in [-0.3, -0.25) is 14.4 Å². The molecule has 8 heteroatoms. The number of carboxylic acid groups (broad SMARTS) is 1. The molecule has 0 saturated carbocycles. The van der Waals surface area contributed by atoms with Gasteiger partial charge in [0, 0.05) is 26.3 Å². The van der Waals surface area contributed by atoms with Gasteiger partial charge >= 0.3 is 5.97 Å². The Balaban J connectivity index is 2.07. The molecular formula is C18H26N4O4. The summed E-state index contributed by atoms with van der Waals surface area (Å²) in [6.45, 7) is 6.28. The average molecular weight is 362 g/mol. The number of rotatable bonds is 5. The van der Waals surface area contributed by atoms with Crippen LogP contribution in [0.3, 0.4) is 0 Å². The quantitative estimate of drug-likeness (QED) is 0.847. The van der Waals surface area contributed by atoms with E-state index >= 15 is 0 Å². The molecule has 1 atom stereocenters. The predicted molar refractivity (Wildman–Crippen MR) is 94.8 cm³/mol. The first kappa shape index (κ1) is 19.8. The minimum absolute atomic E-state index is 0.0539. The molecule has 0 radical (unpaired) electrons. The van der Waals surface area contributed by atoms with Gasteiger partial charge in [0.2, 0.25) is 5.91 Å². The lowest BCUT2D eigenvalue weighted by molar-refractivity contribution is -0.145. The summed E-state index contributed by atoms with van der Waals surface area (Å²) in [7, 11) is 1.56. The van der Waals surface area contributed by atoms with E-state index in [2.05, 4.69) is 9.97 Å². The molecule has 1 aromatic heterocycles. The van der Waals surface area contributed by atoms with Crippen LogP contribution in [0.25, 0.3) is 0 Å². The van der Waals surface area contributed by atoms with Crippen molar-refractivity contribution in [2.45, 2.75) is 39.5 Å². The summed E-state index contributed by atoms with van der Waals surface area (Å²) in [5, 5.41) is 9.15. The number of carbonyl (C=O) groups is 3. The lowest BCUT2D eigenvalue weighted by Crippen LogP contribution is -2.47. The lowest BCUT2D eigenvalue weighted by Gasteiger charge is -2.32. The Morgan fingerprint density at radius 3 is 2.69 bits per heavy atom. The van der Waals surface area contributed by atoms with Crippen LogP contribution in [0.2, 0.25) is 0 Å². The largest absolute Gasteiger partial charge is 0.481 e. The first-order valence-electron chi connectivity index (χ1n) is 8.80. The van der Waals surface area contributed by atoms with Crippen LogP contribution < -0.4 is 0 Å². The Morgan fingerprint density at radius 2 is 2.08 bits per heavy atom. The smallest absolute Gasteiger partial charge is 0.308 e. The van der Waals surface area contributed by atoms with E-state index in [1.54, 1.807) is 14.0 Å². The van der Waals surface area contributed by atoms with E-state index in [-0.39, 0.29) is 30.8 Å². The van der Waals surface area contributed by atoms with Crippen molar-refractivity contribution in [3.8, 4) is 0 Å². The molecule has 2 amide bonds. The third-order valence-corrected chi connectivity index (χ3v) is 4.56. The van der Waals surface area contributed by atoms with Crippen molar-refractivity contribution in [1.29, 1.82) is 0 Å². The first-order chi connectivity index (χ1) is 12.2. The van der Waals surface area contributed by atoms with Gasteiger partial charge in [-0.25, -0.2) is 9.97 Å². The highest BCUT2D eigenvalue weighted by Gasteiger charge is 2.29. The van der Waals surface area contributed by atoms with E-state index in [9.17, 15) is 14.4 Å². The molecule has 1 aliphatic rings.